The Morgan fingerprint density at radius 2 is 1.88 bits per heavy atom. The molecule has 1 atom stereocenters. The number of hydrogen-bond donors (Lipinski definition) is 2. The first-order chi connectivity index (χ1) is 8.01. The summed E-state index contributed by atoms with van der Waals surface area (Å²) in [6.45, 7) is 6.24. The fourth-order valence-electron chi connectivity index (χ4n) is 2.18. The Kier molecular flexibility index (Phi) is 4.82. The Morgan fingerprint density at radius 3 is 2.29 bits per heavy atom. The molecule has 3 nitrogen and oxygen atoms in total. The van der Waals surface area contributed by atoms with Crippen LogP contribution in [-0.4, -0.2) is 18.2 Å². The molecule has 0 aliphatic heterocycles. The third-order valence-corrected chi connectivity index (χ3v) is 3.40. The Balaban J connectivity index is 2.96. The highest BCUT2D eigenvalue weighted by Gasteiger charge is 2.13. The van der Waals surface area contributed by atoms with E-state index in [-0.39, 0.29) is 11.8 Å². The van der Waals surface area contributed by atoms with Gasteiger partial charge >= 0.3 is 0 Å². The Hall–Kier alpha value is -1.22. The minimum atomic E-state index is -0.137. The van der Waals surface area contributed by atoms with E-state index >= 15 is 0 Å². The van der Waals surface area contributed by atoms with Crippen LogP contribution in [0.25, 0.3) is 0 Å². The number of phenols is 1. The average Bonchev–Trinajstić information content (AvgIpc) is 2.29. The van der Waals surface area contributed by atoms with E-state index in [1.807, 2.05) is 19.1 Å². The van der Waals surface area contributed by atoms with E-state index in [0.717, 1.165) is 24.1 Å². The van der Waals surface area contributed by atoms with Gasteiger partial charge in [0.25, 0.3) is 0 Å². The van der Waals surface area contributed by atoms with E-state index in [1.54, 1.807) is 6.07 Å². The highest BCUT2D eigenvalue weighted by Crippen LogP contribution is 2.29. The molecule has 17 heavy (non-hydrogen) atoms. The zero-order valence-corrected chi connectivity index (χ0v) is 11.3. The Morgan fingerprint density at radius 1 is 1.29 bits per heavy atom. The van der Waals surface area contributed by atoms with Gasteiger partial charge in [-0.3, -0.25) is 0 Å². The van der Waals surface area contributed by atoms with Crippen molar-refractivity contribution in [3.05, 3.63) is 23.8 Å². The van der Waals surface area contributed by atoms with Gasteiger partial charge in [-0.2, -0.15) is 0 Å². The maximum absolute atomic E-state index is 9.93. The van der Waals surface area contributed by atoms with Gasteiger partial charge in [-0.25, -0.2) is 0 Å². The fourth-order valence-corrected chi connectivity index (χ4v) is 2.18. The van der Waals surface area contributed by atoms with Crippen LogP contribution in [0.2, 0.25) is 0 Å². The molecule has 96 valence electrons. The van der Waals surface area contributed by atoms with Gasteiger partial charge in [-0.1, -0.05) is 19.9 Å². The number of nitrogens with zero attached hydrogens (tertiary/aromatic N) is 1. The monoisotopic (exact) mass is 236 g/mol. The lowest BCUT2D eigenvalue weighted by Crippen LogP contribution is -2.30. The molecule has 3 N–H and O–H groups in total. The molecule has 0 saturated heterocycles. The summed E-state index contributed by atoms with van der Waals surface area (Å²) < 4.78 is 0. The maximum Gasteiger partial charge on any atom is 0.122 e. The quantitative estimate of drug-likeness (QED) is 0.826. The molecule has 0 fully saturated rings. The summed E-state index contributed by atoms with van der Waals surface area (Å²) in [6.07, 6.45) is 2.20. The first-order valence-corrected chi connectivity index (χ1v) is 6.32. The number of benzene rings is 1. The average molecular weight is 236 g/mol. The van der Waals surface area contributed by atoms with Crippen molar-refractivity contribution in [2.24, 2.45) is 5.73 Å². The standard InChI is InChI=1S/C14H24N2O/c1-5-11(6-2)16(4)12-7-8-13(10(3)15)14(17)9-12/h7-11,17H,5-6,15H2,1-4H3. The molecule has 0 aliphatic carbocycles. The van der Waals surface area contributed by atoms with Crippen LogP contribution in [0.3, 0.4) is 0 Å². The van der Waals surface area contributed by atoms with E-state index < -0.39 is 0 Å². The summed E-state index contributed by atoms with van der Waals surface area (Å²) in [4.78, 5) is 2.21. The lowest BCUT2D eigenvalue weighted by atomic mass is 10.1. The van der Waals surface area contributed by atoms with Crippen molar-refractivity contribution in [2.45, 2.75) is 45.7 Å². The third-order valence-electron chi connectivity index (χ3n) is 3.40. The van der Waals surface area contributed by atoms with E-state index in [9.17, 15) is 5.11 Å². The van der Waals surface area contributed by atoms with Crippen LogP contribution in [0.15, 0.2) is 18.2 Å². The lowest BCUT2D eigenvalue weighted by Gasteiger charge is -2.29. The highest BCUT2D eigenvalue weighted by molar-refractivity contribution is 5.54. The topological polar surface area (TPSA) is 49.5 Å². The summed E-state index contributed by atoms with van der Waals surface area (Å²) in [7, 11) is 2.07. The van der Waals surface area contributed by atoms with Crippen molar-refractivity contribution in [1.82, 2.24) is 0 Å². The van der Waals surface area contributed by atoms with Gasteiger partial charge < -0.3 is 15.7 Å². The van der Waals surface area contributed by atoms with Gasteiger partial charge in [-0.15, -0.1) is 0 Å². The molecule has 0 bridgehead atoms. The summed E-state index contributed by atoms with van der Waals surface area (Å²) in [5.74, 6) is 0.287. The van der Waals surface area contributed by atoms with Crippen LogP contribution in [-0.2, 0) is 0 Å². The maximum atomic E-state index is 9.93. The number of phenolic OH excluding ortho intramolecular Hbond substituents is 1. The SMILES string of the molecule is CCC(CC)N(C)c1ccc(C(C)N)c(O)c1. The molecule has 0 spiro atoms. The molecule has 0 aliphatic rings. The molecule has 1 aromatic rings. The molecular formula is C14H24N2O. The zero-order valence-electron chi connectivity index (χ0n) is 11.3. The molecule has 0 saturated carbocycles. The van der Waals surface area contributed by atoms with Crippen molar-refractivity contribution in [3.8, 4) is 5.75 Å². The van der Waals surface area contributed by atoms with Gasteiger partial charge in [0.2, 0.25) is 0 Å². The number of hydrogen-bond acceptors (Lipinski definition) is 3. The van der Waals surface area contributed by atoms with E-state index in [2.05, 4.69) is 25.8 Å². The second-order valence-electron chi connectivity index (χ2n) is 4.61. The van der Waals surface area contributed by atoms with E-state index in [1.165, 1.54) is 0 Å². The Labute approximate surface area is 104 Å². The molecule has 0 amide bonds. The largest absolute Gasteiger partial charge is 0.508 e. The van der Waals surface area contributed by atoms with Gasteiger partial charge in [0.1, 0.15) is 5.75 Å². The van der Waals surface area contributed by atoms with Crippen molar-refractivity contribution < 1.29 is 5.11 Å². The van der Waals surface area contributed by atoms with Crippen LogP contribution in [0.1, 0.15) is 45.2 Å². The van der Waals surface area contributed by atoms with Crippen LogP contribution < -0.4 is 10.6 Å². The normalized spacial score (nSPS) is 12.8. The van der Waals surface area contributed by atoms with Gasteiger partial charge in [-0.05, 0) is 25.8 Å². The molecule has 1 rings (SSSR count). The van der Waals surface area contributed by atoms with Gasteiger partial charge in [0.15, 0.2) is 0 Å². The van der Waals surface area contributed by atoms with Crippen molar-refractivity contribution in [1.29, 1.82) is 0 Å². The molecule has 1 unspecified atom stereocenters. The van der Waals surface area contributed by atoms with Crippen molar-refractivity contribution in [2.75, 3.05) is 11.9 Å². The van der Waals surface area contributed by atoms with Crippen molar-refractivity contribution >= 4 is 5.69 Å². The first-order valence-electron chi connectivity index (χ1n) is 6.32. The Bertz CT molecular complexity index is 359. The number of anilines is 1. The van der Waals surface area contributed by atoms with E-state index in [0.29, 0.717) is 6.04 Å². The van der Waals surface area contributed by atoms with E-state index in [4.69, 9.17) is 5.73 Å². The first kappa shape index (κ1) is 13.8. The minimum absolute atomic E-state index is 0.137. The molecule has 0 heterocycles. The number of rotatable bonds is 5. The van der Waals surface area contributed by atoms with Crippen LogP contribution in [0.4, 0.5) is 5.69 Å². The molecule has 0 radical (unpaired) electrons. The molecule has 1 aromatic carbocycles. The zero-order chi connectivity index (χ0) is 13.0. The second-order valence-corrected chi connectivity index (χ2v) is 4.61. The third kappa shape index (κ3) is 3.13. The van der Waals surface area contributed by atoms with Crippen LogP contribution >= 0.6 is 0 Å². The van der Waals surface area contributed by atoms with Gasteiger partial charge in [0, 0.05) is 36.4 Å². The van der Waals surface area contributed by atoms with Crippen LogP contribution in [0, 0.1) is 0 Å². The summed E-state index contributed by atoms with van der Waals surface area (Å²) >= 11 is 0. The summed E-state index contributed by atoms with van der Waals surface area (Å²) in [5.41, 5.74) is 7.62. The van der Waals surface area contributed by atoms with Crippen LogP contribution in [0.5, 0.6) is 5.75 Å². The highest BCUT2D eigenvalue weighted by atomic mass is 16.3. The predicted molar refractivity (Wildman–Crippen MR) is 73.5 cm³/mol. The molecule has 3 heteroatoms. The van der Waals surface area contributed by atoms with Crippen molar-refractivity contribution in [3.63, 3.8) is 0 Å². The summed E-state index contributed by atoms with van der Waals surface area (Å²) in [5, 5.41) is 9.93. The number of aromatic hydroxyl groups is 1. The minimum Gasteiger partial charge on any atom is -0.508 e. The second kappa shape index (κ2) is 5.92. The smallest absolute Gasteiger partial charge is 0.122 e. The summed E-state index contributed by atoms with van der Waals surface area (Å²) in [6, 6.07) is 6.11. The lowest BCUT2D eigenvalue weighted by molar-refractivity contribution is 0.463. The number of nitrogens with two attached hydrogens (primary N) is 1. The molecule has 0 aromatic heterocycles. The molecular weight excluding hydrogens is 212 g/mol. The van der Waals surface area contributed by atoms with Gasteiger partial charge in [0.05, 0.1) is 0 Å². The predicted octanol–water partition coefficient (Wildman–Crippen LogP) is 3.04. The fraction of sp³-hybridized carbons (Fsp3) is 0.571.